The van der Waals surface area contributed by atoms with Crippen molar-refractivity contribution in [2.45, 2.75) is 26.3 Å². The molecule has 1 atom stereocenters. The van der Waals surface area contributed by atoms with Crippen LogP contribution in [0.2, 0.25) is 0 Å². The Morgan fingerprint density at radius 3 is 2.58 bits per heavy atom. The van der Waals surface area contributed by atoms with E-state index in [0.29, 0.717) is 5.92 Å². The second-order valence-electron chi connectivity index (χ2n) is 5.21. The SMILES string of the molecule is CNC(c1cccc(CC(C)C)c1)c1ccc(Br)s1. The maximum atomic E-state index is 3.54. The molecule has 2 aromatic rings. The minimum Gasteiger partial charge on any atom is -0.309 e. The van der Waals surface area contributed by atoms with E-state index in [1.165, 1.54) is 19.8 Å². The third kappa shape index (κ3) is 3.91. The molecule has 0 aliphatic carbocycles. The van der Waals surface area contributed by atoms with Crippen molar-refractivity contribution in [3.05, 3.63) is 56.2 Å². The molecule has 0 aliphatic heterocycles. The van der Waals surface area contributed by atoms with E-state index in [0.717, 1.165) is 6.42 Å². The van der Waals surface area contributed by atoms with Crippen molar-refractivity contribution in [1.29, 1.82) is 0 Å². The smallest absolute Gasteiger partial charge is 0.0702 e. The van der Waals surface area contributed by atoms with Gasteiger partial charge in [-0.15, -0.1) is 11.3 Å². The number of benzene rings is 1. The number of thiophene rings is 1. The van der Waals surface area contributed by atoms with Crippen LogP contribution in [0.5, 0.6) is 0 Å². The summed E-state index contributed by atoms with van der Waals surface area (Å²) in [4.78, 5) is 1.34. The zero-order valence-corrected chi connectivity index (χ0v) is 14.0. The molecule has 0 radical (unpaired) electrons. The van der Waals surface area contributed by atoms with Gasteiger partial charge in [0.25, 0.3) is 0 Å². The van der Waals surface area contributed by atoms with Gasteiger partial charge in [0.2, 0.25) is 0 Å². The summed E-state index contributed by atoms with van der Waals surface area (Å²) >= 11 is 5.33. The second-order valence-corrected chi connectivity index (χ2v) is 7.70. The van der Waals surface area contributed by atoms with Gasteiger partial charge in [0.15, 0.2) is 0 Å². The lowest BCUT2D eigenvalue weighted by atomic mass is 9.98. The first-order chi connectivity index (χ1) is 9.10. The van der Waals surface area contributed by atoms with Gasteiger partial charge in [-0.2, -0.15) is 0 Å². The van der Waals surface area contributed by atoms with E-state index in [4.69, 9.17) is 0 Å². The van der Waals surface area contributed by atoms with Crippen LogP contribution < -0.4 is 5.32 Å². The van der Waals surface area contributed by atoms with E-state index in [1.54, 1.807) is 11.3 Å². The molecule has 0 spiro atoms. The van der Waals surface area contributed by atoms with Gasteiger partial charge in [0.05, 0.1) is 9.83 Å². The van der Waals surface area contributed by atoms with Gasteiger partial charge in [-0.3, -0.25) is 0 Å². The lowest BCUT2D eigenvalue weighted by Crippen LogP contribution is -2.16. The fourth-order valence-corrected chi connectivity index (χ4v) is 3.89. The van der Waals surface area contributed by atoms with Gasteiger partial charge in [0.1, 0.15) is 0 Å². The Hall–Kier alpha value is -0.640. The van der Waals surface area contributed by atoms with Crippen molar-refractivity contribution in [3.8, 4) is 0 Å². The van der Waals surface area contributed by atoms with Crippen molar-refractivity contribution in [3.63, 3.8) is 0 Å². The molecule has 0 bridgehead atoms. The fourth-order valence-electron chi connectivity index (χ4n) is 2.33. The minimum atomic E-state index is 0.281. The molecule has 1 unspecified atom stereocenters. The molecule has 0 fully saturated rings. The van der Waals surface area contributed by atoms with Gasteiger partial charge in [-0.25, -0.2) is 0 Å². The van der Waals surface area contributed by atoms with Crippen molar-refractivity contribution in [2.24, 2.45) is 5.92 Å². The van der Waals surface area contributed by atoms with Crippen LogP contribution >= 0.6 is 27.3 Å². The number of rotatable bonds is 5. The number of halogens is 1. The Morgan fingerprint density at radius 2 is 2.00 bits per heavy atom. The summed E-state index contributed by atoms with van der Waals surface area (Å²) in [6, 6.07) is 13.5. The van der Waals surface area contributed by atoms with Crippen molar-refractivity contribution in [1.82, 2.24) is 5.32 Å². The lowest BCUT2D eigenvalue weighted by molar-refractivity contribution is 0.644. The van der Waals surface area contributed by atoms with Crippen LogP contribution in [-0.4, -0.2) is 7.05 Å². The first kappa shape index (κ1) is 14.8. The van der Waals surface area contributed by atoms with Crippen molar-refractivity contribution in [2.75, 3.05) is 7.05 Å². The third-order valence-corrected chi connectivity index (χ3v) is 4.78. The van der Waals surface area contributed by atoms with Crippen LogP contribution in [0.3, 0.4) is 0 Å². The topological polar surface area (TPSA) is 12.0 Å². The molecule has 102 valence electrons. The standard InChI is InChI=1S/C16H20BrNS/c1-11(2)9-12-5-4-6-13(10-12)16(18-3)14-7-8-15(17)19-14/h4-8,10-11,16,18H,9H2,1-3H3. The highest BCUT2D eigenvalue weighted by Gasteiger charge is 2.14. The zero-order valence-electron chi connectivity index (χ0n) is 11.6. The predicted molar refractivity (Wildman–Crippen MR) is 87.9 cm³/mol. The molecule has 3 heteroatoms. The van der Waals surface area contributed by atoms with Crippen LogP contribution in [0.15, 0.2) is 40.2 Å². The number of nitrogens with one attached hydrogen (secondary N) is 1. The van der Waals surface area contributed by atoms with E-state index in [9.17, 15) is 0 Å². The van der Waals surface area contributed by atoms with Crippen LogP contribution in [0.25, 0.3) is 0 Å². The van der Waals surface area contributed by atoms with Crippen LogP contribution in [0.4, 0.5) is 0 Å². The second kappa shape index (κ2) is 6.69. The Bertz CT molecular complexity index is 533. The molecular weight excluding hydrogens is 318 g/mol. The average Bonchev–Trinajstić information content (AvgIpc) is 2.76. The summed E-state index contributed by atoms with van der Waals surface area (Å²) in [5.41, 5.74) is 2.76. The van der Waals surface area contributed by atoms with Crippen LogP contribution in [0.1, 0.15) is 35.9 Å². The average molecular weight is 338 g/mol. The van der Waals surface area contributed by atoms with E-state index in [-0.39, 0.29) is 6.04 Å². The third-order valence-electron chi connectivity index (χ3n) is 3.10. The first-order valence-corrected chi connectivity index (χ1v) is 8.22. The minimum absolute atomic E-state index is 0.281. The molecule has 0 amide bonds. The van der Waals surface area contributed by atoms with Gasteiger partial charge >= 0.3 is 0 Å². The Kier molecular flexibility index (Phi) is 5.20. The van der Waals surface area contributed by atoms with Gasteiger partial charge < -0.3 is 5.32 Å². The highest BCUT2D eigenvalue weighted by molar-refractivity contribution is 9.11. The van der Waals surface area contributed by atoms with E-state index < -0.39 is 0 Å². The van der Waals surface area contributed by atoms with E-state index in [2.05, 4.69) is 71.5 Å². The van der Waals surface area contributed by atoms with E-state index in [1.807, 2.05) is 7.05 Å². The highest BCUT2D eigenvalue weighted by Crippen LogP contribution is 2.31. The summed E-state index contributed by atoms with van der Waals surface area (Å²) in [6.45, 7) is 4.53. The maximum absolute atomic E-state index is 3.54. The first-order valence-electron chi connectivity index (χ1n) is 6.61. The normalized spacial score (nSPS) is 12.9. The quantitative estimate of drug-likeness (QED) is 0.807. The molecule has 0 aliphatic rings. The largest absolute Gasteiger partial charge is 0.309 e. The molecular formula is C16H20BrNS. The van der Waals surface area contributed by atoms with Crippen molar-refractivity contribution >= 4 is 27.3 Å². The molecule has 0 saturated heterocycles. The summed E-state index contributed by atoms with van der Waals surface area (Å²) < 4.78 is 1.18. The van der Waals surface area contributed by atoms with Crippen LogP contribution in [0, 0.1) is 5.92 Å². The molecule has 1 N–H and O–H groups in total. The molecule has 2 rings (SSSR count). The highest BCUT2D eigenvalue weighted by atomic mass is 79.9. The van der Waals surface area contributed by atoms with Crippen LogP contribution in [-0.2, 0) is 6.42 Å². The number of hydrogen-bond donors (Lipinski definition) is 1. The summed E-state index contributed by atoms with van der Waals surface area (Å²) in [5.74, 6) is 0.694. The predicted octanol–water partition coefficient (Wildman–Crippen LogP) is 5.02. The molecule has 1 nitrogen and oxygen atoms in total. The van der Waals surface area contributed by atoms with E-state index >= 15 is 0 Å². The molecule has 1 aromatic carbocycles. The molecule has 19 heavy (non-hydrogen) atoms. The monoisotopic (exact) mass is 337 g/mol. The molecule has 1 aromatic heterocycles. The van der Waals surface area contributed by atoms with Gasteiger partial charge in [-0.05, 0) is 58.6 Å². The Labute approximate surface area is 128 Å². The zero-order chi connectivity index (χ0) is 13.8. The summed E-state index contributed by atoms with van der Waals surface area (Å²) in [5, 5.41) is 3.42. The molecule has 1 heterocycles. The van der Waals surface area contributed by atoms with Crippen molar-refractivity contribution < 1.29 is 0 Å². The summed E-state index contributed by atoms with van der Waals surface area (Å²) in [6.07, 6.45) is 1.14. The lowest BCUT2D eigenvalue weighted by Gasteiger charge is -2.16. The van der Waals surface area contributed by atoms with Gasteiger partial charge in [0, 0.05) is 4.88 Å². The fraction of sp³-hybridized carbons (Fsp3) is 0.375. The summed E-state index contributed by atoms with van der Waals surface area (Å²) in [7, 11) is 2.02. The molecule has 0 saturated carbocycles. The number of hydrogen-bond acceptors (Lipinski definition) is 2. The Balaban J connectivity index is 2.28. The Morgan fingerprint density at radius 1 is 1.21 bits per heavy atom. The van der Waals surface area contributed by atoms with Gasteiger partial charge in [-0.1, -0.05) is 38.1 Å². The maximum Gasteiger partial charge on any atom is 0.0702 e.